The number of amides is 2. The highest BCUT2D eigenvalue weighted by molar-refractivity contribution is 5.86. The number of nitrogens with one attached hydrogen (secondary N) is 2. The molecule has 0 saturated carbocycles. The van der Waals surface area contributed by atoms with Crippen molar-refractivity contribution in [1.82, 2.24) is 10.6 Å². The molecule has 1 fully saturated rings. The number of carbonyl (C=O) groups is 3. The summed E-state index contributed by atoms with van der Waals surface area (Å²) < 4.78 is 16.2. The average Bonchev–Trinajstić information content (AvgIpc) is 2.78. The van der Waals surface area contributed by atoms with E-state index in [0.717, 1.165) is 11.1 Å². The van der Waals surface area contributed by atoms with E-state index in [2.05, 4.69) is 10.6 Å². The number of ether oxygens (including phenoxy) is 3. The molecule has 2 atom stereocenters. The molecule has 0 aromatic heterocycles. The van der Waals surface area contributed by atoms with Crippen molar-refractivity contribution in [3.8, 4) is 11.5 Å². The zero-order valence-electron chi connectivity index (χ0n) is 17.6. The lowest BCUT2D eigenvalue weighted by molar-refractivity contribution is -0.148. The predicted molar refractivity (Wildman–Crippen MR) is 112 cm³/mol. The summed E-state index contributed by atoms with van der Waals surface area (Å²) >= 11 is 0. The quantitative estimate of drug-likeness (QED) is 0.595. The van der Waals surface area contributed by atoms with Crippen LogP contribution in [-0.4, -0.2) is 50.3 Å². The molecule has 0 spiro atoms. The zero-order chi connectivity index (χ0) is 22.8. The van der Waals surface area contributed by atoms with Gasteiger partial charge in [-0.1, -0.05) is 30.3 Å². The second-order valence-electron chi connectivity index (χ2n) is 6.64. The normalized spacial score (nSPS) is 17.5. The summed E-state index contributed by atoms with van der Waals surface area (Å²) in [6, 6.07) is 12.5. The molecule has 2 aromatic carbocycles. The maximum absolute atomic E-state index is 12.8. The van der Waals surface area contributed by atoms with E-state index < -0.39 is 12.1 Å². The van der Waals surface area contributed by atoms with E-state index in [9.17, 15) is 9.59 Å². The first-order valence-corrected chi connectivity index (χ1v) is 9.48. The van der Waals surface area contributed by atoms with E-state index >= 15 is 0 Å². The van der Waals surface area contributed by atoms with Gasteiger partial charge in [0.1, 0.15) is 6.61 Å². The first kappa shape index (κ1) is 23.7. The van der Waals surface area contributed by atoms with E-state index in [-0.39, 0.29) is 24.9 Å². The maximum Gasteiger partial charge on any atom is 0.290 e. The van der Waals surface area contributed by atoms with Gasteiger partial charge in [-0.05, 0) is 35.7 Å². The van der Waals surface area contributed by atoms with E-state index in [4.69, 9.17) is 24.1 Å². The molecule has 0 radical (unpaired) electrons. The Labute approximate surface area is 180 Å². The van der Waals surface area contributed by atoms with Crippen molar-refractivity contribution in [2.24, 2.45) is 0 Å². The highest BCUT2D eigenvalue weighted by atomic mass is 16.5. The molecule has 1 heterocycles. The van der Waals surface area contributed by atoms with Crippen molar-refractivity contribution in [3.63, 3.8) is 0 Å². The average molecular weight is 430 g/mol. The van der Waals surface area contributed by atoms with Crippen molar-refractivity contribution in [2.45, 2.75) is 25.6 Å². The number of hydrogen-bond acceptors (Lipinski definition) is 6. The fourth-order valence-corrected chi connectivity index (χ4v) is 3.18. The van der Waals surface area contributed by atoms with Crippen LogP contribution in [0, 0.1) is 6.92 Å². The van der Waals surface area contributed by atoms with Crippen molar-refractivity contribution in [2.75, 3.05) is 20.8 Å². The molecule has 166 valence electrons. The van der Waals surface area contributed by atoms with Gasteiger partial charge in [0, 0.05) is 6.54 Å². The fourth-order valence-electron chi connectivity index (χ4n) is 3.18. The minimum Gasteiger partial charge on any atom is -0.493 e. The second-order valence-corrected chi connectivity index (χ2v) is 6.64. The van der Waals surface area contributed by atoms with Gasteiger partial charge in [0.25, 0.3) is 12.4 Å². The summed E-state index contributed by atoms with van der Waals surface area (Å²) in [6.07, 6.45) is -0.847. The largest absolute Gasteiger partial charge is 0.493 e. The number of carbonyl (C=O) groups excluding carboxylic acids is 2. The van der Waals surface area contributed by atoms with E-state index in [0.29, 0.717) is 23.6 Å². The Kier molecular flexibility index (Phi) is 8.83. The maximum atomic E-state index is 12.8. The highest BCUT2D eigenvalue weighted by Gasteiger charge is 2.36. The zero-order valence-corrected chi connectivity index (χ0v) is 17.6. The number of carboxylic acid groups (broad SMARTS) is 1. The number of hydrogen-bond donors (Lipinski definition) is 3. The molecule has 1 aliphatic rings. The molecule has 9 heteroatoms. The molecule has 0 unspecified atom stereocenters. The Morgan fingerprint density at radius 2 is 1.90 bits per heavy atom. The lowest BCUT2D eigenvalue weighted by atomic mass is 9.98. The van der Waals surface area contributed by atoms with Gasteiger partial charge in [-0.3, -0.25) is 14.4 Å². The minimum atomic E-state index is -0.847. The van der Waals surface area contributed by atoms with Crippen LogP contribution in [0.3, 0.4) is 0 Å². The van der Waals surface area contributed by atoms with Gasteiger partial charge in [-0.15, -0.1) is 0 Å². The number of morpholine rings is 1. The van der Waals surface area contributed by atoms with Gasteiger partial charge in [-0.2, -0.15) is 0 Å². The minimum absolute atomic E-state index is 0.160. The molecule has 31 heavy (non-hydrogen) atoms. The van der Waals surface area contributed by atoms with Crippen molar-refractivity contribution >= 4 is 18.3 Å². The molecule has 2 aromatic rings. The third kappa shape index (κ3) is 6.19. The smallest absolute Gasteiger partial charge is 0.290 e. The summed E-state index contributed by atoms with van der Waals surface area (Å²) in [5, 5.41) is 12.6. The van der Waals surface area contributed by atoms with Gasteiger partial charge < -0.3 is 30.0 Å². The van der Waals surface area contributed by atoms with Crippen LogP contribution >= 0.6 is 0 Å². The Morgan fingerprint density at radius 3 is 2.55 bits per heavy atom. The highest BCUT2D eigenvalue weighted by Crippen LogP contribution is 2.32. The lowest BCUT2D eigenvalue weighted by Gasteiger charge is -2.32. The van der Waals surface area contributed by atoms with Crippen LogP contribution in [0.25, 0.3) is 0 Å². The molecule has 1 saturated heterocycles. The monoisotopic (exact) mass is 430 g/mol. The molecule has 9 nitrogen and oxygen atoms in total. The van der Waals surface area contributed by atoms with Crippen LogP contribution < -0.4 is 20.1 Å². The van der Waals surface area contributed by atoms with E-state index in [1.165, 1.54) is 7.11 Å². The molecular weight excluding hydrogens is 404 g/mol. The van der Waals surface area contributed by atoms with Gasteiger partial charge in [-0.25, -0.2) is 0 Å². The van der Waals surface area contributed by atoms with Gasteiger partial charge in [0.05, 0.1) is 20.3 Å². The first-order chi connectivity index (χ1) is 14.9. The van der Waals surface area contributed by atoms with Gasteiger partial charge in [0.15, 0.2) is 17.6 Å². The molecule has 1 aliphatic heterocycles. The van der Waals surface area contributed by atoms with Crippen molar-refractivity contribution < 1.29 is 33.7 Å². The third-order valence-corrected chi connectivity index (χ3v) is 4.75. The Bertz CT molecular complexity index is 916. The summed E-state index contributed by atoms with van der Waals surface area (Å²) in [5.41, 5.74) is 2.82. The predicted octanol–water partition coefficient (Wildman–Crippen LogP) is 1.59. The fraction of sp³-hybridized carbons (Fsp3) is 0.318. The van der Waals surface area contributed by atoms with Crippen LogP contribution in [-0.2, 0) is 25.7 Å². The Balaban J connectivity index is 0.00000107. The summed E-state index contributed by atoms with van der Waals surface area (Å²) in [4.78, 5) is 33.1. The van der Waals surface area contributed by atoms with Crippen LogP contribution in [0.4, 0.5) is 0 Å². The SMILES string of the molecule is COc1ccc([C@H]2NC(=O)CO[C@@H]2C(=O)NCc2ccccc2C)cc1OC.O=CO. The Morgan fingerprint density at radius 1 is 1.23 bits per heavy atom. The van der Waals surface area contributed by atoms with Crippen LogP contribution in [0.1, 0.15) is 22.7 Å². The number of rotatable bonds is 6. The molecule has 0 aliphatic carbocycles. The number of benzene rings is 2. The van der Waals surface area contributed by atoms with Crippen molar-refractivity contribution in [1.29, 1.82) is 0 Å². The number of aryl methyl sites for hydroxylation is 1. The van der Waals surface area contributed by atoms with Crippen LogP contribution in [0.2, 0.25) is 0 Å². The van der Waals surface area contributed by atoms with Gasteiger partial charge in [0.2, 0.25) is 5.91 Å². The molecule has 2 amide bonds. The first-order valence-electron chi connectivity index (χ1n) is 9.48. The van der Waals surface area contributed by atoms with Crippen LogP contribution in [0.15, 0.2) is 42.5 Å². The lowest BCUT2D eigenvalue weighted by Crippen LogP contribution is -2.52. The summed E-state index contributed by atoms with van der Waals surface area (Å²) in [6.45, 7) is 1.97. The Hall–Kier alpha value is -3.59. The third-order valence-electron chi connectivity index (χ3n) is 4.75. The topological polar surface area (TPSA) is 123 Å². The standard InChI is InChI=1S/C21H24N2O5.CH2O2/c1-13-6-4-5-7-15(13)11-22-21(25)20-19(23-18(24)12-28-20)14-8-9-16(26-2)17(10-14)27-3;2-1-3/h4-10,19-20H,11-12H2,1-3H3,(H,22,25)(H,23,24);1H,(H,2,3)/t19-,20+;/m1./s1. The summed E-state index contributed by atoms with van der Waals surface area (Å²) in [5.74, 6) is 0.513. The molecular formula is C22H26N2O7. The van der Waals surface area contributed by atoms with Crippen LogP contribution in [0.5, 0.6) is 11.5 Å². The van der Waals surface area contributed by atoms with Gasteiger partial charge >= 0.3 is 0 Å². The number of methoxy groups -OCH3 is 2. The summed E-state index contributed by atoms with van der Waals surface area (Å²) in [7, 11) is 3.08. The van der Waals surface area contributed by atoms with E-state index in [1.54, 1.807) is 25.3 Å². The molecule has 0 bridgehead atoms. The second kappa shape index (κ2) is 11.6. The molecule has 3 N–H and O–H groups in total. The van der Waals surface area contributed by atoms with Crippen molar-refractivity contribution in [3.05, 3.63) is 59.2 Å². The van der Waals surface area contributed by atoms with E-state index in [1.807, 2.05) is 31.2 Å². The molecule has 3 rings (SSSR count).